The number of aromatic nitrogens is 3. The van der Waals surface area contributed by atoms with Gasteiger partial charge in [-0.05, 0) is 16.3 Å². The standard InChI is InChI=1S/C12H11N5O3S/c18-10(19)9-6-17(5-7-3-1-2-4-8(7)9)12(20)13-11-14-15-16-21-11/h1-4,9H,5-6H2,(H,18,19)(H,13,14,16,20). The smallest absolute Gasteiger partial charge is 0.324 e. The van der Waals surface area contributed by atoms with Crippen molar-refractivity contribution in [2.24, 2.45) is 0 Å². The summed E-state index contributed by atoms with van der Waals surface area (Å²) in [6.07, 6.45) is 0. The molecule has 2 amide bonds. The van der Waals surface area contributed by atoms with Gasteiger partial charge < -0.3 is 10.0 Å². The molecule has 9 heteroatoms. The molecule has 1 aromatic heterocycles. The van der Waals surface area contributed by atoms with Crippen molar-refractivity contribution in [2.45, 2.75) is 12.5 Å². The average Bonchev–Trinajstić information content (AvgIpc) is 2.98. The minimum Gasteiger partial charge on any atom is -0.481 e. The zero-order valence-corrected chi connectivity index (χ0v) is 11.6. The van der Waals surface area contributed by atoms with Crippen LogP contribution in [0.25, 0.3) is 0 Å². The number of rotatable bonds is 2. The van der Waals surface area contributed by atoms with E-state index in [0.29, 0.717) is 6.54 Å². The minimum absolute atomic E-state index is 0.115. The average molecular weight is 305 g/mol. The first-order valence-electron chi connectivity index (χ1n) is 6.16. The van der Waals surface area contributed by atoms with Crippen molar-refractivity contribution in [3.8, 4) is 0 Å². The van der Waals surface area contributed by atoms with Crippen molar-refractivity contribution in [3.05, 3.63) is 35.4 Å². The summed E-state index contributed by atoms with van der Waals surface area (Å²) >= 11 is 0.961. The first-order valence-corrected chi connectivity index (χ1v) is 6.94. The molecule has 0 bridgehead atoms. The van der Waals surface area contributed by atoms with E-state index in [9.17, 15) is 14.7 Å². The molecule has 8 nitrogen and oxygen atoms in total. The van der Waals surface area contributed by atoms with E-state index in [1.54, 1.807) is 12.1 Å². The second-order valence-electron chi connectivity index (χ2n) is 4.57. The fourth-order valence-electron chi connectivity index (χ4n) is 2.33. The van der Waals surface area contributed by atoms with E-state index in [1.165, 1.54) is 4.90 Å². The van der Waals surface area contributed by atoms with Crippen LogP contribution in [0.15, 0.2) is 24.3 Å². The number of carbonyl (C=O) groups is 2. The monoisotopic (exact) mass is 305 g/mol. The Morgan fingerprint density at radius 1 is 1.38 bits per heavy atom. The first-order chi connectivity index (χ1) is 10.1. The summed E-state index contributed by atoms with van der Waals surface area (Å²) in [6.45, 7) is 0.475. The number of carboxylic acids is 1. The molecule has 0 saturated heterocycles. The van der Waals surface area contributed by atoms with Crippen molar-refractivity contribution in [1.29, 1.82) is 0 Å². The van der Waals surface area contributed by atoms with Gasteiger partial charge in [-0.2, -0.15) is 0 Å². The minimum atomic E-state index is -0.947. The van der Waals surface area contributed by atoms with E-state index < -0.39 is 17.9 Å². The number of urea groups is 1. The zero-order valence-electron chi connectivity index (χ0n) is 10.8. The van der Waals surface area contributed by atoms with Crippen LogP contribution in [-0.2, 0) is 11.3 Å². The molecule has 2 aromatic rings. The van der Waals surface area contributed by atoms with Gasteiger partial charge in [-0.25, -0.2) is 4.79 Å². The molecule has 0 saturated carbocycles. The van der Waals surface area contributed by atoms with Crippen LogP contribution in [0.5, 0.6) is 0 Å². The van der Waals surface area contributed by atoms with E-state index in [4.69, 9.17) is 0 Å². The largest absolute Gasteiger partial charge is 0.481 e. The van der Waals surface area contributed by atoms with Gasteiger partial charge >= 0.3 is 12.0 Å². The second-order valence-corrected chi connectivity index (χ2v) is 5.30. The number of anilines is 1. The quantitative estimate of drug-likeness (QED) is 0.861. The summed E-state index contributed by atoms with van der Waals surface area (Å²) < 4.78 is 3.55. The molecule has 1 aliphatic rings. The van der Waals surface area contributed by atoms with Crippen LogP contribution in [0.3, 0.4) is 0 Å². The third-order valence-corrected chi connectivity index (χ3v) is 3.80. The number of carboxylic acid groups (broad SMARTS) is 1. The lowest BCUT2D eigenvalue weighted by atomic mass is 9.90. The van der Waals surface area contributed by atoms with Gasteiger partial charge in [0.2, 0.25) is 5.13 Å². The number of benzene rings is 1. The molecule has 1 aliphatic heterocycles. The highest BCUT2D eigenvalue weighted by Crippen LogP contribution is 2.28. The lowest BCUT2D eigenvalue weighted by Crippen LogP contribution is -2.42. The third kappa shape index (κ3) is 2.68. The molecule has 0 fully saturated rings. The molecule has 0 aliphatic carbocycles. The Morgan fingerprint density at radius 2 is 2.19 bits per heavy atom. The van der Waals surface area contributed by atoms with Gasteiger partial charge in [-0.15, -0.1) is 0 Å². The van der Waals surface area contributed by atoms with Crippen LogP contribution in [-0.4, -0.2) is 43.4 Å². The topological polar surface area (TPSA) is 108 Å². The highest BCUT2D eigenvalue weighted by molar-refractivity contribution is 7.09. The van der Waals surface area contributed by atoms with E-state index in [2.05, 4.69) is 20.1 Å². The Balaban J connectivity index is 1.82. The molecule has 2 heterocycles. The van der Waals surface area contributed by atoms with Crippen LogP contribution in [0.4, 0.5) is 9.93 Å². The van der Waals surface area contributed by atoms with Gasteiger partial charge in [0.05, 0.1) is 5.92 Å². The number of nitrogens with one attached hydrogen (secondary N) is 1. The molecule has 3 rings (SSSR count). The molecule has 108 valence electrons. The first kappa shape index (κ1) is 13.4. The maximum Gasteiger partial charge on any atom is 0.324 e. The zero-order chi connectivity index (χ0) is 14.8. The van der Waals surface area contributed by atoms with Crippen molar-refractivity contribution in [3.63, 3.8) is 0 Å². The van der Waals surface area contributed by atoms with Gasteiger partial charge in [0.15, 0.2) is 0 Å². The summed E-state index contributed by atoms with van der Waals surface area (Å²) in [7, 11) is 0. The maximum absolute atomic E-state index is 12.2. The van der Waals surface area contributed by atoms with Gasteiger partial charge in [0.25, 0.3) is 0 Å². The predicted octanol–water partition coefficient (Wildman–Crippen LogP) is 1.15. The lowest BCUT2D eigenvalue weighted by molar-refractivity contribution is -0.139. The fourth-order valence-corrected chi connectivity index (χ4v) is 2.68. The Bertz CT molecular complexity index is 675. The Labute approximate surface area is 123 Å². The molecular weight excluding hydrogens is 294 g/mol. The summed E-state index contributed by atoms with van der Waals surface area (Å²) in [4.78, 5) is 25.0. The van der Waals surface area contributed by atoms with Crippen LogP contribution >= 0.6 is 11.5 Å². The molecular formula is C12H11N5O3S. The van der Waals surface area contributed by atoms with Crippen molar-refractivity contribution >= 4 is 28.7 Å². The highest BCUT2D eigenvalue weighted by Gasteiger charge is 2.32. The van der Waals surface area contributed by atoms with Gasteiger partial charge in [0.1, 0.15) is 0 Å². The molecule has 21 heavy (non-hydrogen) atoms. The SMILES string of the molecule is O=C(O)C1CN(C(=O)Nc2nnns2)Cc2ccccc21. The Morgan fingerprint density at radius 3 is 2.90 bits per heavy atom. The molecule has 2 N–H and O–H groups in total. The van der Waals surface area contributed by atoms with Crippen molar-refractivity contribution < 1.29 is 14.7 Å². The fraction of sp³-hybridized carbons (Fsp3) is 0.250. The predicted molar refractivity (Wildman–Crippen MR) is 74.0 cm³/mol. The number of fused-ring (bicyclic) bond motifs is 1. The van der Waals surface area contributed by atoms with E-state index in [-0.39, 0.29) is 11.7 Å². The maximum atomic E-state index is 12.2. The van der Waals surface area contributed by atoms with Crippen LogP contribution in [0, 0.1) is 0 Å². The van der Waals surface area contributed by atoms with Crippen molar-refractivity contribution in [1.82, 2.24) is 19.7 Å². The summed E-state index contributed by atoms with van der Waals surface area (Å²) in [6, 6.07) is 6.84. The number of hydrogen-bond donors (Lipinski definition) is 2. The molecule has 1 aromatic carbocycles. The molecule has 1 atom stereocenters. The van der Waals surface area contributed by atoms with E-state index >= 15 is 0 Å². The van der Waals surface area contributed by atoms with E-state index in [0.717, 1.165) is 22.7 Å². The van der Waals surface area contributed by atoms with Crippen molar-refractivity contribution in [2.75, 3.05) is 11.9 Å². The lowest BCUT2D eigenvalue weighted by Gasteiger charge is -2.32. The number of amides is 2. The molecule has 1 unspecified atom stereocenters. The van der Waals surface area contributed by atoms with Gasteiger partial charge in [-0.3, -0.25) is 10.1 Å². The molecule has 0 spiro atoms. The van der Waals surface area contributed by atoms with Gasteiger partial charge in [-0.1, -0.05) is 33.9 Å². The number of aliphatic carboxylic acids is 1. The normalized spacial score (nSPS) is 17.1. The number of carbonyl (C=O) groups excluding carboxylic acids is 1. The Kier molecular flexibility index (Phi) is 3.48. The summed E-state index contributed by atoms with van der Waals surface area (Å²) in [5, 5.41) is 19.2. The summed E-state index contributed by atoms with van der Waals surface area (Å²) in [5.41, 5.74) is 1.59. The van der Waals surface area contributed by atoms with Crippen LogP contribution < -0.4 is 5.32 Å². The Hall–Kier alpha value is -2.55. The van der Waals surface area contributed by atoms with Crippen LogP contribution in [0.1, 0.15) is 17.0 Å². The highest BCUT2D eigenvalue weighted by atomic mass is 32.1. The van der Waals surface area contributed by atoms with Crippen LogP contribution in [0.2, 0.25) is 0 Å². The third-order valence-electron chi connectivity index (χ3n) is 3.29. The summed E-state index contributed by atoms with van der Waals surface area (Å²) in [5.74, 6) is -1.68. The number of hydrogen-bond acceptors (Lipinski definition) is 6. The number of nitrogens with zero attached hydrogens (tertiary/aromatic N) is 4. The molecule has 0 radical (unpaired) electrons. The second kappa shape index (κ2) is 5.44. The van der Waals surface area contributed by atoms with Gasteiger partial charge in [0, 0.05) is 24.6 Å². The van der Waals surface area contributed by atoms with E-state index in [1.807, 2.05) is 12.1 Å².